The van der Waals surface area contributed by atoms with Crippen LogP contribution in [0.1, 0.15) is 26.3 Å². The molecule has 0 saturated carbocycles. The van der Waals surface area contributed by atoms with E-state index in [2.05, 4.69) is 15.9 Å². The van der Waals surface area contributed by atoms with Gasteiger partial charge in [0.15, 0.2) is 5.78 Å². The number of hydrogen-bond donors (Lipinski definition) is 0. The fraction of sp³-hybridized carbons (Fsp3) is 0. The van der Waals surface area contributed by atoms with Crippen LogP contribution in [0.25, 0.3) is 11.1 Å². The van der Waals surface area contributed by atoms with Crippen molar-refractivity contribution in [2.75, 3.05) is 0 Å². The van der Waals surface area contributed by atoms with Gasteiger partial charge in [0.25, 0.3) is 0 Å². The van der Waals surface area contributed by atoms with Crippen LogP contribution in [0.4, 0.5) is 0 Å². The first kappa shape index (κ1) is 10.4. The minimum atomic E-state index is -0.00815. The summed E-state index contributed by atoms with van der Waals surface area (Å²) in [6.45, 7) is 0. The van der Waals surface area contributed by atoms with E-state index in [1.165, 1.54) is 0 Å². The first-order valence-electron chi connectivity index (χ1n) is 5.14. The maximum absolute atomic E-state index is 12.1. The number of carbonyl (C=O) groups is 2. The molecule has 0 atom stereocenters. The van der Waals surface area contributed by atoms with Gasteiger partial charge in [-0.3, -0.25) is 9.59 Å². The topological polar surface area (TPSA) is 34.1 Å². The second-order valence-corrected chi connectivity index (χ2v) is 4.86. The Morgan fingerprint density at radius 2 is 1.65 bits per heavy atom. The first-order chi connectivity index (χ1) is 8.20. The van der Waals surface area contributed by atoms with Crippen LogP contribution < -0.4 is 0 Å². The summed E-state index contributed by atoms with van der Waals surface area (Å²) in [5.74, 6) is -0.00815. The lowest BCUT2D eigenvalue weighted by Crippen LogP contribution is -1.95. The Kier molecular flexibility index (Phi) is 2.23. The molecule has 0 aliphatic heterocycles. The summed E-state index contributed by atoms with van der Waals surface area (Å²) < 4.78 is 0.941. The van der Waals surface area contributed by atoms with E-state index in [4.69, 9.17) is 0 Å². The average molecular weight is 287 g/mol. The molecule has 0 bridgehead atoms. The van der Waals surface area contributed by atoms with Gasteiger partial charge in [0, 0.05) is 21.2 Å². The Morgan fingerprint density at radius 3 is 2.41 bits per heavy atom. The van der Waals surface area contributed by atoms with Crippen LogP contribution in [0.15, 0.2) is 40.9 Å². The van der Waals surface area contributed by atoms with E-state index in [-0.39, 0.29) is 5.78 Å². The molecule has 1 aliphatic rings. The molecular weight excluding hydrogens is 280 g/mol. The number of ketones is 1. The summed E-state index contributed by atoms with van der Waals surface area (Å²) in [6, 6.07) is 10.8. The summed E-state index contributed by atoms with van der Waals surface area (Å²) >= 11 is 3.40. The molecule has 3 rings (SSSR count). The van der Waals surface area contributed by atoms with Crippen LogP contribution in [0.5, 0.6) is 0 Å². The van der Waals surface area contributed by atoms with Gasteiger partial charge in [-0.05, 0) is 35.4 Å². The molecule has 0 N–H and O–H groups in total. The van der Waals surface area contributed by atoms with E-state index in [1.807, 2.05) is 24.3 Å². The van der Waals surface area contributed by atoms with E-state index in [0.29, 0.717) is 16.7 Å². The highest BCUT2D eigenvalue weighted by atomic mass is 79.9. The van der Waals surface area contributed by atoms with E-state index in [1.54, 1.807) is 12.1 Å². The van der Waals surface area contributed by atoms with Gasteiger partial charge in [-0.25, -0.2) is 0 Å². The van der Waals surface area contributed by atoms with Crippen LogP contribution in [0, 0.1) is 0 Å². The zero-order valence-electron chi connectivity index (χ0n) is 8.74. The predicted octanol–water partition coefficient (Wildman–Crippen LogP) is 3.47. The van der Waals surface area contributed by atoms with Crippen molar-refractivity contribution < 1.29 is 9.59 Å². The molecule has 0 heterocycles. The summed E-state index contributed by atoms with van der Waals surface area (Å²) in [7, 11) is 0. The number of aldehydes is 1. The number of benzene rings is 2. The molecule has 0 radical (unpaired) electrons. The van der Waals surface area contributed by atoms with E-state index >= 15 is 0 Å². The Morgan fingerprint density at radius 1 is 0.882 bits per heavy atom. The highest BCUT2D eigenvalue weighted by molar-refractivity contribution is 9.10. The van der Waals surface area contributed by atoms with Crippen LogP contribution in [-0.2, 0) is 0 Å². The van der Waals surface area contributed by atoms with Gasteiger partial charge >= 0.3 is 0 Å². The van der Waals surface area contributed by atoms with Crippen LogP contribution in [0.2, 0.25) is 0 Å². The Bertz CT molecular complexity index is 659. The monoisotopic (exact) mass is 286 g/mol. The third-order valence-electron chi connectivity index (χ3n) is 2.94. The highest BCUT2D eigenvalue weighted by Gasteiger charge is 2.26. The molecule has 0 fully saturated rings. The molecule has 0 amide bonds. The number of fused-ring (bicyclic) bond motifs is 3. The lowest BCUT2D eigenvalue weighted by Gasteiger charge is -2.00. The Hall–Kier alpha value is -1.74. The van der Waals surface area contributed by atoms with Crippen molar-refractivity contribution in [1.82, 2.24) is 0 Å². The van der Waals surface area contributed by atoms with Crippen LogP contribution in [0.3, 0.4) is 0 Å². The van der Waals surface area contributed by atoms with Crippen molar-refractivity contribution in [1.29, 1.82) is 0 Å². The van der Waals surface area contributed by atoms with Crippen molar-refractivity contribution >= 4 is 28.0 Å². The summed E-state index contributed by atoms with van der Waals surface area (Å²) in [5, 5.41) is 0. The molecule has 2 nitrogen and oxygen atoms in total. The van der Waals surface area contributed by atoms with Gasteiger partial charge < -0.3 is 0 Å². The second-order valence-electron chi connectivity index (χ2n) is 3.94. The summed E-state index contributed by atoms with van der Waals surface area (Å²) in [6.07, 6.45) is 0.756. The molecule has 2 aromatic carbocycles. The van der Waals surface area contributed by atoms with Crippen LogP contribution in [-0.4, -0.2) is 12.1 Å². The van der Waals surface area contributed by atoms with Crippen molar-refractivity contribution in [2.24, 2.45) is 0 Å². The molecule has 0 aromatic heterocycles. The highest BCUT2D eigenvalue weighted by Crippen LogP contribution is 2.38. The molecule has 17 heavy (non-hydrogen) atoms. The quantitative estimate of drug-likeness (QED) is 0.642. The van der Waals surface area contributed by atoms with Gasteiger partial charge in [0.2, 0.25) is 0 Å². The minimum Gasteiger partial charge on any atom is -0.298 e. The molecule has 0 saturated heterocycles. The number of rotatable bonds is 1. The zero-order chi connectivity index (χ0) is 12.0. The van der Waals surface area contributed by atoms with Crippen LogP contribution >= 0.6 is 15.9 Å². The van der Waals surface area contributed by atoms with E-state index in [0.717, 1.165) is 21.9 Å². The lowest BCUT2D eigenvalue weighted by atomic mass is 10.0. The number of halogens is 1. The maximum atomic E-state index is 12.1. The molecular formula is C14H7BrO2. The van der Waals surface area contributed by atoms with Gasteiger partial charge in [0.05, 0.1) is 0 Å². The first-order valence-corrected chi connectivity index (χ1v) is 5.94. The molecule has 82 valence electrons. The molecule has 3 heteroatoms. The van der Waals surface area contributed by atoms with Gasteiger partial charge in [-0.2, -0.15) is 0 Å². The maximum Gasteiger partial charge on any atom is 0.194 e. The summed E-state index contributed by atoms with van der Waals surface area (Å²) in [5.41, 5.74) is 3.67. The summed E-state index contributed by atoms with van der Waals surface area (Å²) in [4.78, 5) is 22.9. The SMILES string of the molecule is O=Cc1ccc2c(c1)C(=O)c1ccc(Br)cc1-2. The fourth-order valence-corrected chi connectivity index (χ4v) is 2.50. The van der Waals surface area contributed by atoms with E-state index < -0.39 is 0 Å². The minimum absolute atomic E-state index is 0.00815. The third kappa shape index (κ3) is 1.46. The van der Waals surface area contributed by atoms with E-state index in [9.17, 15) is 9.59 Å². The zero-order valence-corrected chi connectivity index (χ0v) is 10.3. The van der Waals surface area contributed by atoms with Crippen molar-refractivity contribution in [3.8, 4) is 11.1 Å². The average Bonchev–Trinajstić information content (AvgIpc) is 2.62. The Labute approximate surface area is 106 Å². The Balaban J connectivity index is 2.31. The number of hydrogen-bond acceptors (Lipinski definition) is 2. The fourth-order valence-electron chi connectivity index (χ4n) is 2.14. The van der Waals surface area contributed by atoms with Crippen molar-refractivity contribution in [3.05, 3.63) is 57.6 Å². The lowest BCUT2D eigenvalue weighted by molar-refractivity contribution is 0.104. The second kappa shape index (κ2) is 3.64. The van der Waals surface area contributed by atoms with Crippen molar-refractivity contribution in [2.45, 2.75) is 0 Å². The molecule has 0 unspecified atom stereocenters. The van der Waals surface area contributed by atoms with Gasteiger partial charge in [-0.1, -0.05) is 28.1 Å². The molecule has 1 aliphatic carbocycles. The third-order valence-corrected chi connectivity index (χ3v) is 3.43. The smallest absolute Gasteiger partial charge is 0.194 e. The normalized spacial score (nSPS) is 12.2. The predicted molar refractivity (Wildman–Crippen MR) is 68.4 cm³/mol. The standard InChI is InChI=1S/C14H7BrO2/c15-9-2-4-11-12(6-9)10-3-1-8(7-16)5-13(10)14(11)17/h1-7H. The largest absolute Gasteiger partial charge is 0.298 e. The molecule has 2 aromatic rings. The van der Waals surface area contributed by atoms with Gasteiger partial charge in [-0.15, -0.1) is 0 Å². The van der Waals surface area contributed by atoms with Crippen molar-refractivity contribution in [3.63, 3.8) is 0 Å². The molecule has 0 spiro atoms. The number of carbonyl (C=O) groups excluding carboxylic acids is 2. The van der Waals surface area contributed by atoms with Gasteiger partial charge in [0.1, 0.15) is 6.29 Å².